The molecule has 0 spiro atoms. The van der Waals surface area contributed by atoms with E-state index in [0.29, 0.717) is 30.2 Å². The molecule has 1 heterocycles. The summed E-state index contributed by atoms with van der Waals surface area (Å²) in [5, 5.41) is 7.37. The molecule has 0 fully saturated rings. The SMILES string of the molecule is Cc1nc(CCNC(=O)c2ccc(CBr)cc2)no1. The highest BCUT2D eigenvalue weighted by molar-refractivity contribution is 9.08. The van der Waals surface area contributed by atoms with Gasteiger partial charge in [0.25, 0.3) is 5.91 Å². The van der Waals surface area contributed by atoms with E-state index in [4.69, 9.17) is 4.52 Å². The molecule has 2 rings (SSSR count). The molecule has 1 amide bonds. The van der Waals surface area contributed by atoms with Crippen LogP contribution in [0.2, 0.25) is 0 Å². The van der Waals surface area contributed by atoms with E-state index in [1.807, 2.05) is 24.3 Å². The molecular formula is C13H14BrN3O2. The lowest BCUT2D eigenvalue weighted by molar-refractivity contribution is 0.0954. The van der Waals surface area contributed by atoms with Crippen molar-refractivity contribution in [2.75, 3.05) is 6.54 Å². The Kier molecular flexibility index (Phi) is 4.68. The number of aromatic nitrogens is 2. The topological polar surface area (TPSA) is 68.0 Å². The number of halogens is 1. The minimum Gasteiger partial charge on any atom is -0.352 e. The average molecular weight is 324 g/mol. The minimum atomic E-state index is -0.0960. The predicted molar refractivity (Wildman–Crippen MR) is 74.1 cm³/mol. The molecule has 0 aliphatic rings. The molecule has 1 N–H and O–H groups in total. The van der Waals surface area contributed by atoms with Gasteiger partial charge in [-0.2, -0.15) is 4.98 Å². The zero-order chi connectivity index (χ0) is 13.7. The molecule has 6 heteroatoms. The third-order valence-corrected chi connectivity index (χ3v) is 3.22. The summed E-state index contributed by atoms with van der Waals surface area (Å²) in [5.74, 6) is 1.04. The van der Waals surface area contributed by atoms with Crippen LogP contribution in [0.1, 0.15) is 27.6 Å². The lowest BCUT2D eigenvalue weighted by Gasteiger charge is -2.04. The second-order valence-corrected chi connectivity index (χ2v) is 4.63. The predicted octanol–water partition coefficient (Wildman–Crippen LogP) is 2.25. The van der Waals surface area contributed by atoms with Gasteiger partial charge in [-0.25, -0.2) is 0 Å². The van der Waals surface area contributed by atoms with Crippen molar-refractivity contribution in [2.45, 2.75) is 18.7 Å². The normalized spacial score (nSPS) is 10.4. The molecule has 0 saturated heterocycles. The van der Waals surface area contributed by atoms with Crippen LogP contribution in [0.4, 0.5) is 0 Å². The molecule has 5 nitrogen and oxygen atoms in total. The van der Waals surface area contributed by atoms with E-state index in [1.54, 1.807) is 6.92 Å². The number of carbonyl (C=O) groups excluding carboxylic acids is 1. The first-order valence-corrected chi connectivity index (χ1v) is 7.03. The molecule has 1 aromatic heterocycles. The standard InChI is InChI=1S/C13H14BrN3O2/c1-9-16-12(17-19-9)6-7-15-13(18)11-4-2-10(8-14)3-5-11/h2-5H,6-8H2,1H3,(H,15,18). The number of rotatable bonds is 5. The number of alkyl halides is 1. The first kappa shape index (κ1) is 13.7. The molecule has 0 radical (unpaired) electrons. The van der Waals surface area contributed by atoms with Crippen molar-refractivity contribution in [2.24, 2.45) is 0 Å². The maximum Gasteiger partial charge on any atom is 0.251 e. The Morgan fingerprint density at radius 2 is 2.11 bits per heavy atom. The fourth-order valence-corrected chi connectivity index (χ4v) is 1.95. The van der Waals surface area contributed by atoms with Crippen LogP contribution in [0.15, 0.2) is 28.8 Å². The Morgan fingerprint density at radius 1 is 1.37 bits per heavy atom. The van der Waals surface area contributed by atoms with E-state index in [-0.39, 0.29) is 5.91 Å². The van der Waals surface area contributed by atoms with Crippen molar-refractivity contribution >= 4 is 21.8 Å². The minimum absolute atomic E-state index is 0.0960. The van der Waals surface area contributed by atoms with Crippen molar-refractivity contribution in [3.63, 3.8) is 0 Å². The van der Waals surface area contributed by atoms with Crippen molar-refractivity contribution in [3.05, 3.63) is 47.1 Å². The van der Waals surface area contributed by atoms with E-state index in [1.165, 1.54) is 0 Å². The van der Waals surface area contributed by atoms with E-state index in [0.717, 1.165) is 10.9 Å². The van der Waals surface area contributed by atoms with E-state index in [9.17, 15) is 4.79 Å². The van der Waals surface area contributed by atoms with Gasteiger partial charge in [0, 0.05) is 30.8 Å². The zero-order valence-corrected chi connectivity index (χ0v) is 12.1. The maximum atomic E-state index is 11.9. The summed E-state index contributed by atoms with van der Waals surface area (Å²) in [7, 11) is 0. The van der Waals surface area contributed by atoms with E-state index >= 15 is 0 Å². The smallest absolute Gasteiger partial charge is 0.251 e. The van der Waals surface area contributed by atoms with Crippen LogP contribution in [0.3, 0.4) is 0 Å². The molecule has 0 atom stereocenters. The maximum absolute atomic E-state index is 11.9. The Labute approximate surface area is 119 Å². The van der Waals surface area contributed by atoms with Crippen LogP contribution in [0.5, 0.6) is 0 Å². The molecule has 0 aliphatic heterocycles. The van der Waals surface area contributed by atoms with Gasteiger partial charge < -0.3 is 9.84 Å². The molecule has 1 aromatic carbocycles. The molecular weight excluding hydrogens is 310 g/mol. The number of nitrogens with one attached hydrogen (secondary N) is 1. The summed E-state index contributed by atoms with van der Waals surface area (Å²) in [6.07, 6.45) is 0.558. The van der Waals surface area contributed by atoms with Crippen LogP contribution in [-0.4, -0.2) is 22.6 Å². The average Bonchev–Trinajstić information content (AvgIpc) is 2.84. The van der Waals surface area contributed by atoms with Crippen molar-refractivity contribution in [1.82, 2.24) is 15.5 Å². The molecule has 0 bridgehead atoms. The second-order valence-electron chi connectivity index (χ2n) is 4.07. The monoisotopic (exact) mass is 323 g/mol. The fraction of sp³-hybridized carbons (Fsp3) is 0.308. The van der Waals surface area contributed by atoms with Crippen LogP contribution in [0, 0.1) is 6.92 Å². The van der Waals surface area contributed by atoms with Gasteiger partial charge >= 0.3 is 0 Å². The summed E-state index contributed by atoms with van der Waals surface area (Å²) in [5.41, 5.74) is 1.79. The number of hydrogen-bond acceptors (Lipinski definition) is 4. The van der Waals surface area contributed by atoms with Gasteiger partial charge in [-0.05, 0) is 17.7 Å². The number of benzene rings is 1. The van der Waals surface area contributed by atoms with Crippen LogP contribution < -0.4 is 5.32 Å². The number of aryl methyl sites for hydroxylation is 1. The van der Waals surface area contributed by atoms with Crippen molar-refractivity contribution < 1.29 is 9.32 Å². The Bertz CT molecular complexity index is 551. The molecule has 100 valence electrons. The molecule has 0 saturated carbocycles. The Balaban J connectivity index is 1.83. The van der Waals surface area contributed by atoms with Gasteiger partial charge in [-0.15, -0.1) is 0 Å². The van der Waals surface area contributed by atoms with Crippen molar-refractivity contribution in [3.8, 4) is 0 Å². The lowest BCUT2D eigenvalue weighted by atomic mass is 10.1. The number of hydrogen-bond donors (Lipinski definition) is 1. The number of carbonyl (C=O) groups is 1. The summed E-state index contributed by atoms with van der Waals surface area (Å²) in [6.45, 7) is 2.22. The van der Waals surface area contributed by atoms with Crippen molar-refractivity contribution in [1.29, 1.82) is 0 Å². The second kappa shape index (κ2) is 6.47. The Hall–Kier alpha value is -1.69. The summed E-state index contributed by atoms with van der Waals surface area (Å²) < 4.78 is 4.85. The van der Waals surface area contributed by atoms with Gasteiger partial charge in [0.05, 0.1) is 0 Å². The molecule has 0 aliphatic carbocycles. The van der Waals surface area contributed by atoms with Gasteiger partial charge in [-0.1, -0.05) is 33.2 Å². The highest BCUT2D eigenvalue weighted by Crippen LogP contribution is 2.07. The molecule has 19 heavy (non-hydrogen) atoms. The van der Waals surface area contributed by atoms with E-state index in [2.05, 4.69) is 31.4 Å². The van der Waals surface area contributed by atoms with Gasteiger partial charge in [0.15, 0.2) is 5.82 Å². The first-order chi connectivity index (χ1) is 9.19. The molecule has 0 unspecified atom stereocenters. The van der Waals surface area contributed by atoms with Gasteiger partial charge in [-0.3, -0.25) is 4.79 Å². The van der Waals surface area contributed by atoms with Crippen LogP contribution in [0.25, 0.3) is 0 Å². The van der Waals surface area contributed by atoms with Gasteiger partial charge in [0.2, 0.25) is 5.89 Å². The van der Waals surface area contributed by atoms with Crippen LogP contribution >= 0.6 is 15.9 Å². The van der Waals surface area contributed by atoms with Crippen LogP contribution in [-0.2, 0) is 11.8 Å². The largest absolute Gasteiger partial charge is 0.352 e. The zero-order valence-electron chi connectivity index (χ0n) is 10.5. The number of nitrogens with zero attached hydrogens (tertiary/aromatic N) is 2. The highest BCUT2D eigenvalue weighted by atomic mass is 79.9. The summed E-state index contributed by atoms with van der Waals surface area (Å²) in [4.78, 5) is 15.9. The third-order valence-electron chi connectivity index (χ3n) is 2.57. The van der Waals surface area contributed by atoms with Gasteiger partial charge in [0.1, 0.15) is 0 Å². The quantitative estimate of drug-likeness (QED) is 0.857. The lowest BCUT2D eigenvalue weighted by Crippen LogP contribution is -2.25. The summed E-state index contributed by atoms with van der Waals surface area (Å²) >= 11 is 3.37. The first-order valence-electron chi connectivity index (χ1n) is 5.91. The summed E-state index contributed by atoms with van der Waals surface area (Å²) in [6, 6.07) is 7.47. The fourth-order valence-electron chi connectivity index (χ4n) is 1.58. The number of amides is 1. The highest BCUT2D eigenvalue weighted by Gasteiger charge is 2.06. The van der Waals surface area contributed by atoms with E-state index < -0.39 is 0 Å². The third kappa shape index (κ3) is 3.89. The Morgan fingerprint density at radius 3 is 2.68 bits per heavy atom. The molecule has 2 aromatic rings.